The maximum Gasteiger partial charge on any atom is 0.306 e. The molecular weight excluding hydrogens is 256 g/mol. The van der Waals surface area contributed by atoms with Crippen LogP contribution in [0, 0.1) is 5.92 Å². The van der Waals surface area contributed by atoms with Crippen LogP contribution in [-0.4, -0.2) is 28.0 Å². The summed E-state index contributed by atoms with van der Waals surface area (Å²) in [5, 5.41) is 12.8. The predicted octanol–water partition coefficient (Wildman–Crippen LogP) is 2.15. The quantitative estimate of drug-likeness (QED) is 0.800. The van der Waals surface area contributed by atoms with Crippen LogP contribution in [0.4, 0.5) is 0 Å². The highest BCUT2D eigenvalue weighted by atomic mass is 16.4. The lowest BCUT2D eigenvalue weighted by Crippen LogP contribution is -2.33. The summed E-state index contributed by atoms with van der Waals surface area (Å²) in [5.41, 5.74) is 1.55. The van der Waals surface area contributed by atoms with Crippen LogP contribution in [-0.2, 0) is 4.79 Å². The first-order valence-corrected chi connectivity index (χ1v) is 6.75. The Morgan fingerprint density at radius 2 is 2.10 bits per heavy atom. The summed E-state index contributed by atoms with van der Waals surface area (Å²) in [7, 11) is 0. The molecule has 104 valence electrons. The van der Waals surface area contributed by atoms with Crippen molar-refractivity contribution in [2.24, 2.45) is 5.92 Å². The van der Waals surface area contributed by atoms with Gasteiger partial charge >= 0.3 is 5.97 Å². The second-order valence-electron chi connectivity index (χ2n) is 5.26. The highest BCUT2D eigenvalue weighted by Gasteiger charge is 2.30. The van der Waals surface area contributed by atoms with Gasteiger partial charge in [0.1, 0.15) is 0 Å². The van der Waals surface area contributed by atoms with E-state index in [4.69, 9.17) is 5.11 Å². The zero-order valence-corrected chi connectivity index (χ0v) is 10.9. The van der Waals surface area contributed by atoms with Gasteiger partial charge in [-0.3, -0.25) is 9.59 Å². The van der Waals surface area contributed by atoms with Crippen molar-refractivity contribution in [2.75, 3.05) is 0 Å². The van der Waals surface area contributed by atoms with E-state index >= 15 is 0 Å². The van der Waals surface area contributed by atoms with E-state index in [1.165, 1.54) is 0 Å². The number of benzene rings is 1. The summed E-state index contributed by atoms with van der Waals surface area (Å²) in [6.45, 7) is 0. The molecule has 5 heteroatoms. The SMILES string of the molecule is O=C(N[C@H]1CC[C@@H](C(=O)O)C1)c1cccc2[nH]ccc12. The van der Waals surface area contributed by atoms with Crippen molar-refractivity contribution in [2.45, 2.75) is 25.3 Å². The number of nitrogens with one attached hydrogen (secondary N) is 2. The van der Waals surface area contributed by atoms with Crippen LogP contribution in [0.2, 0.25) is 0 Å². The Bertz CT molecular complexity index is 662. The lowest BCUT2D eigenvalue weighted by atomic mass is 10.1. The molecule has 1 heterocycles. The van der Waals surface area contributed by atoms with Crippen molar-refractivity contribution >= 4 is 22.8 Å². The van der Waals surface area contributed by atoms with Gasteiger partial charge in [-0.25, -0.2) is 0 Å². The molecule has 0 aliphatic heterocycles. The number of carboxylic acid groups (broad SMARTS) is 1. The van der Waals surface area contributed by atoms with Gasteiger partial charge in [-0.1, -0.05) is 6.07 Å². The normalized spacial score (nSPS) is 22.0. The molecule has 20 heavy (non-hydrogen) atoms. The fraction of sp³-hybridized carbons (Fsp3) is 0.333. The molecule has 0 saturated heterocycles. The van der Waals surface area contributed by atoms with Gasteiger partial charge in [0.25, 0.3) is 5.91 Å². The Kier molecular flexibility index (Phi) is 3.18. The molecule has 2 aromatic rings. The standard InChI is InChI=1S/C15H16N2O3/c18-14(17-10-5-4-9(8-10)15(19)20)12-2-1-3-13-11(12)6-7-16-13/h1-3,6-7,9-10,16H,4-5,8H2,(H,17,18)(H,19,20)/t9-,10+/m1/s1. The topological polar surface area (TPSA) is 82.2 Å². The third kappa shape index (κ3) is 2.27. The maximum atomic E-state index is 12.3. The second kappa shape index (κ2) is 5.00. The van der Waals surface area contributed by atoms with Crippen molar-refractivity contribution in [3.8, 4) is 0 Å². The zero-order valence-electron chi connectivity index (χ0n) is 10.9. The molecule has 0 bridgehead atoms. The van der Waals surface area contributed by atoms with Gasteiger partial charge < -0.3 is 15.4 Å². The van der Waals surface area contributed by atoms with E-state index in [9.17, 15) is 9.59 Å². The van der Waals surface area contributed by atoms with E-state index in [0.717, 1.165) is 17.3 Å². The number of aromatic amines is 1. The fourth-order valence-electron chi connectivity index (χ4n) is 2.88. The first-order valence-electron chi connectivity index (χ1n) is 6.75. The second-order valence-corrected chi connectivity index (χ2v) is 5.26. The van der Waals surface area contributed by atoms with E-state index < -0.39 is 5.97 Å². The first-order chi connectivity index (χ1) is 9.65. The van der Waals surface area contributed by atoms with E-state index in [1.807, 2.05) is 18.2 Å². The van der Waals surface area contributed by atoms with Gasteiger partial charge in [-0.05, 0) is 37.5 Å². The zero-order chi connectivity index (χ0) is 14.1. The van der Waals surface area contributed by atoms with Gasteiger partial charge in [0, 0.05) is 28.7 Å². The summed E-state index contributed by atoms with van der Waals surface area (Å²) in [5.74, 6) is -1.23. The Morgan fingerprint density at radius 1 is 1.25 bits per heavy atom. The minimum Gasteiger partial charge on any atom is -0.481 e. The van der Waals surface area contributed by atoms with Gasteiger partial charge in [0.15, 0.2) is 0 Å². The molecule has 0 unspecified atom stereocenters. The number of hydrogen-bond acceptors (Lipinski definition) is 2. The number of hydrogen-bond donors (Lipinski definition) is 3. The molecule has 5 nitrogen and oxygen atoms in total. The Labute approximate surface area is 116 Å². The fourth-order valence-corrected chi connectivity index (χ4v) is 2.88. The van der Waals surface area contributed by atoms with Gasteiger partial charge in [-0.15, -0.1) is 0 Å². The number of carboxylic acids is 1. The number of rotatable bonds is 3. The van der Waals surface area contributed by atoms with Crippen LogP contribution in [0.25, 0.3) is 10.9 Å². The molecule has 3 rings (SSSR count). The van der Waals surface area contributed by atoms with Crippen molar-refractivity contribution in [1.82, 2.24) is 10.3 Å². The highest BCUT2D eigenvalue weighted by molar-refractivity contribution is 6.06. The number of aromatic nitrogens is 1. The molecule has 1 aliphatic rings. The number of H-pyrrole nitrogens is 1. The van der Waals surface area contributed by atoms with Gasteiger partial charge in [0.2, 0.25) is 0 Å². The molecule has 3 N–H and O–H groups in total. The molecular formula is C15H16N2O3. The summed E-state index contributed by atoms with van der Waals surface area (Å²) >= 11 is 0. The van der Waals surface area contributed by atoms with Crippen LogP contribution >= 0.6 is 0 Å². The summed E-state index contributed by atoms with van der Waals surface area (Å²) in [6.07, 6.45) is 3.68. The molecule has 1 fully saturated rings. The van der Waals surface area contributed by atoms with E-state index in [0.29, 0.717) is 18.4 Å². The molecule has 1 aromatic carbocycles. The average Bonchev–Trinajstić information content (AvgIpc) is 3.05. The highest BCUT2D eigenvalue weighted by Crippen LogP contribution is 2.26. The number of aliphatic carboxylic acids is 1. The molecule has 0 spiro atoms. The van der Waals surface area contributed by atoms with Gasteiger partial charge in [-0.2, -0.15) is 0 Å². The molecule has 1 aliphatic carbocycles. The third-order valence-corrected chi connectivity index (χ3v) is 3.96. The number of fused-ring (bicyclic) bond motifs is 1. The predicted molar refractivity (Wildman–Crippen MR) is 74.5 cm³/mol. The Hall–Kier alpha value is -2.30. The molecule has 1 aromatic heterocycles. The van der Waals surface area contributed by atoms with Crippen LogP contribution in [0.5, 0.6) is 0 Å². The summed E-state index contributed by atoms with van der Waals surface area (Å²) in [4.78, 5) is 26.3. The summed E-state index contributed by atoms with van der Waals surface area (Å²) < 4.78 is 0. The van der Waals surface area contributed by atoms with Gasteiger partial charge in [0.05, 0.1) is 5.92 Å². The van der Waals surface area contributed by atoms with E-state index in [2.05, 4.69) is 10.3 Å². The van der Waals surface area contributed by atoms with Crippen LogP contribution < -0.4 is 5.32 Å². The lowest BCUT2D eigenvalue weighted by molar-refractivity contribution is -0.141. The molecule has 0 radical (unpaired) electrons. The van der Waals surface area contributed by atoms with E-state index in [1.54, 1.807) is 12.3 Å². The van der Waals surface area contributed by atoms with Crippen molar-refractivity contribution < 1.29 is 14.7 Å². The smallest absolute Gasteiger partial charge is 0.306 e. The van der Waals surface area contributed by atoms with Crippen molar-refractivity contribution in [1.29, 1.82) is 0 Å². The lowest BCUT2D eigenvalue weighted by Gasteiger charge is -2.13. The largest absolute Gasteiger partial charge is 0.481 e. The summed E-state index contributed by atoms with van der Waals surface area (Å²) in [6, 6.07) is 7.37. The Balaban J connectivity index is 1.74. The Morgan fingerprint density at radius 3 is 2.85 bits per heavy atom. The first kappa shape index (κ1) is 12.7. The third-order valence-electron chi connectivity index (χ3n) is 3.96. The average molecular weight is 272 g/mol. The maximum absolute atomic E-state index is 12.3. The van der Waals surface area contributed by atoms with Crippen molar-refractivity contribution in [3.05, 3.63) is 36.0 Å². The van der Waals surface area contributed by atoms with Crippen LogP contribution in [0.3, 0.4) is 0 Å². The minimum absolute atomic E-state index is 0.0437. The number of carbonyl (C=O) groups is 2. The van der Waals surface area contributed by atoms with Crippen LogP contribution in [0.1, 0.15) is 29.6 Å². The van der Waals surface area contributed by atoms with Crippen molar-refractivity contribution in [3.63, 3.8) is 0 Å². The number of carbonyl (C=O) groups excluding carboxylic acids is 1. The molecule has 1 amide bonds. The molecule has 2 atom stereocenters. The minimum atomic E-state index is -0.769. The molecule has 1 saturated carbocycles. The van der Waals surface area contributed by atoms with E-state index in [-0.39, 0.29) is 17.9 Å². The van der Waals surface area contributed by atoms with Crippen LogP contribution in [0.15, 0.2) is 30.5 Å². The number of amides is 1. The monoisotopic (exact) mass is 272 g/mol.